The van der Waals surface area contributed by atoms with Crippen LogP contribution in [0.4, 0.5) is 0 Å². The average Bonchev–Trinajstić information content (AvgIpc) is 2.17. The van der Waals surface area contributed by atoms with Gasteiger partial charge in [-0.1, -0.05) is 6.92 Å². The first kappa shape index (κ1) is 10.4. The first-order valence-corrected chi connectivity index (χ1v) is 5.68. The SMILES string of the molecule is COC1CCN(CC2(C)CNC2)CC1. The van der Waals surface area contributed by atoms with Crippen LogP contribution in [0.25, 0.3) is 0 Å². The van der Waals surface area contributed by atoms with Crippen molar-refractivity contribution in [3.05, 3.63) is 0 Å². The highest BCUT2D eigenvalue weighted by atomic mass is 16.5. The lowest BCUT2D eigenvalue weighted by atomic mass is 9.83. The van der Waals surface area contributed by atoms with Crippen LogP contribution in [0.15, 0.2) is 0 Å². The Morgan fingerprint density at radius 3 is 2.43 bits per heavy atom. The molecular weight excluding hydrogens is 176 g/mol. The van der Waals surface area contributed by atoms with E-state index >= 15 is 0 Å². The third kappa shape index (κ3) is 2.27. The largest absolute Gasteiger partial charge is 0.381 e. The molecule has 0 aliphatic carbocycles. The predicted octanol–water partition coefficient (Wildman–Crippen LogP) is 0.707. The van der Waals surface area contributed by atoms with Crippen LogP contribution in [-0.4, -0.2) is 50.8 Å². The molecule has 2 heterocycles. The molecule has 2 rings (SSSR count). The molecule has 0 aromatic heterocycles. The van der Waals surface area contributed by atoms with Crippen molar-refractivity contribution in [3.8, 4) is 0 Å². The van der Waals surface area contributed by atoms with Crippen LogP contribution in [0.5, 0.6) is 0 Å². The molecule has 0 saturated carbocycles. The molecule has 0 bridgehead atoms. The Balaban J connectivity index is 1.73. The van der Waals surface area contributed by atoms with Crippen LogP contribution < -0.4 is 5.32 Å². The van der Waals surface area contributed by atoms with E-state index < -0.39 is 0 Å². The average molecular weight is 198 g/mol. The molecule has 3 nitrogen and oxygen atoms in total. The quantitative estimate of drug-likeness (QED) is 0.723. The minimum Gasteiger partial charge on any atom is -0.381 e. The Morgan fingerprint density at radius 1 is 1.36 bits per heavy atom. The summed E-state index contributed by atoms with van der Waals surface area (Å²) in [5.41, 5.74) is 0.542. The molecule has 3 heteroatoms. The molecule has 2 aliphatic rings. The number of piperidine rings is 1. The van der Waals surface area contributed by atoms with Gasteiger partial charge in [0.1, 0.15) is 0 Å². The molecular formula is C11H22N2O. The van der Waals surface area contributed by atoms with Crippen molar-refractivity contribution >= 4 is 0 Å². The van der Waals surface area contributed by atoms with Crippen LogP contribution in [0, 0.1) is 5.41 Å². The van der Waals surface area contributed by atoms with Gasteiger partial charge in [0.05, 0.1) is 6.10 Å². The molecule has 2 fully saturated rings. The van der Waals surface area contributed by atoms with E-state index in [2.05, 4.69) is 17.1 Å². The number of nitrogens with zero attached hydrogens (tertiary/aromatic N) is 1. The van der Waals surface area contributed by atoms with Crippen molar-refractivity contribution in [1.82, 2.24) is 10.2 Å². The summed E-state index contributed by atoms with van der Waals surface area (Å²) >= 11 is 0. The third-order valence-corrected chi connectivity index (χ3v) is 3.58. The van der Waals surface area contributed by atoms with Gasteiger partial charge in [-0.25, -0.2) is 0 Å². The van der Waals surface area contributed by atoms with Gasteiger partial charge in [0.2, 0.25) is 0 Å². The maximum Gasteiger partial charge on any atom is 0.0595 e. The summed E-state index contributed by atoms with van der Waals surface area (Å²) in [7, 11) is 1.83. The minimum atomic E-state index is 0.513. The molecule has 0 radical (unpaired) electrons. The number of nitrogens with one attached hydrogen (secondary N) is 1. The highest BCUT2D eigenvalue weighted by Crippen LogP contribution is 2.24. The highest BCUT2D eigenvalue weighted by molar-refractivity contribution is 4.91. The second-order valence-corrected chi connectivity index (χ2v) is 5.13. The van der Waals surface area contributed by atoms with Crippen molar-refractivity contribution in [2.75, 3.05) is 39.8 Å². The summed E-state index contributed by atoms with van der Waals surface area (Å²) < 4.78 is 5.37. The Morgan fingerprint density at radius 2 is 2.00 bits per heavy atom. The molecule has 0 amide bonds. The second kappa shape index (κ2) is 4.17. The second-order valence-electron chi connectivity index (χ2n) is 5.13. The number of hydrogen-bond donors (Lipinski definition) is 1. The van der Waals surface area contributed by atoms with Gasteiger partial charge < -0.3 is 15.0 Å². The summed E-state index contributed by atoms with van der Waals surface area (Å²) in [5.74, 6) is 0. The number of methoxy groups -OCH3 is 1. The molecule has 2 aliphatic heterocycles. The summed E-state index contributed by atoms with van der Waals surface area (Å²) in [6, 6.07) is 0. The van der Waals surface area contributed by atoms with Gasteiger partial charge >= 0.3 is 0 Å². The normalized spacial score (nSPS) is 28.7. The zero-order valence-corrected chi connectivity index (χ0v) is 9.38. The van der Waals surface area contributed by atoms with Crippen LogP contribution in [0.2, 0.25) is 0 Å². The Hall–Kier alpha value is -0.120. The van der Waals surface area contributed by atoms with E-state index in [-0.39, 0.29) is 0 Å². The van der Waals surface area contributed by atoms with Crippen LogP contribution in [0.1, 0.15) is 19.8 Å². The van der Waals surface area contributed by atoms with Gasteiger partial charge in [0, 0.05) is 45.2 Å². The van der Waals surface area contributed by atoms with Gasteiger partial charge in [-0.3, -0.25) is 0 Å². The monoisotopic (exact) mass is 198 g/mol. The molecule has 82 valence electrons. The first-order valence-electron chi connectivity index (χ1n) is 5.68. The topological polar surface area (TPSA) is 24.5 Å². The zero-order valence-electron chi connectivity index (χ0n) is 9.38. The fourth-order valence-corrected chi connectivity index (χ4v) is 2.51. The Bertz CT molecular complexity index is 184. The van der Waals surface area contributed by atoms with Crippen molar-refractivity contribution in [2.45, 2.75) is 25.9 Å². The zero-order chi connectivity index (χ0) is 10.0. The molecule has 2 saturated heterocycles. The van der Waals surface area contributed by atoms with Gasteiger partial charge in [-0.05, 0) is 12.8 Å². The minimum absolute atomic E-state index is 0.513. The number of likely N-dealkylation sites (tertiary alicyclic amines) is 1. The smallest absolute Gasteiger partial charge is 0.0595 e. The first-order chi connectivity index (χ1) is 6.72. The fourth-order valence-electron chi connectivity index (χ4n) is 2.51. The summed E-state index contributed by atoms with van der Waals surface area (Å²) in [5, 5.41) is 3.36. The maximum atomic E-state index is 5.37. The van der Waals surface area contributed by atoms with E-state index in [9.17, 15) is 0 Å². The van der Waals surface area contributed by atoms with E-state index in [1.165, 1.54) is 45.6 Å². The Kier molecular flexibility index (Phi) is 3.10. The third-order valence-electron chi connectivity index (χ3n) is 3.58. The molecule has 0 unspecified atom stereocenters. The summed E-state index contributed by atoms with van der Waals surface area (Å²) in [6.45, 7) is 8.46. The van der Waals surface area contributed by atoms with Crippen LogP contribution in [-0.2, 0) is 4.74 Å². The highest BCUT2D eigenvalue weighted by Gasteiger charge is 2.34. The van der Waals surface area contributed by atoms with Crippen LogP contribution in [0.3, 0.4) is 0 Å². The van der Waals surface area contributed by atoms with E-state index in [0.717, 1.165) is 0 Å². The van der Waals surface area contributed by atoms with Crippen LogP contribution >= 0.6 is 0 Å². The predicted molar refractivity (Wildman–Crippen MR) is 57.4 cm³/mol. The van der Waals surface area contributed by atoms with E-state index in [1.807, 2.05) is 7.11 Å². The fraction of sp³-hybridized carbons (Fsp3) is 1.00. The number of rotatable bonds is 3. The summed E-state index contributed by atoms with van der Waals surface area (Å²) in [6.07, 6.45) is 2.93. The number of ether oxygens (including phenoxy) is 1. The van der Waals surface area contributed by atoms with Crippen molar-refractivity contribution < 1.29 is 4.74 Å². The number of hydrogen-bond acceptors (Lipinski definition) is 3. The maximum absolute atomic E-state index is 5.37. The standard InChI is InChI=1S/C11H22N2O/c1-11(7-12-8-11)9-13-5-3-10(14-2)4-6-13/h10,12H,3-9H2,1-2H3. The Labute approximate surface area is 86.8 Å². The van der Waals surface area contributed by atoms with Crippen molar-refractivity contribution in [2.24, 2.45) is 5.41 Å². The van der Waals surface area contributed by atoms with Gasteiger partial charge in [-0.15, -0.1) is 0 Å². The van der Waals surface area contributed by atoms with E-state index in [1.54, 1.807) is 0 Å². The summed E-state index contributed by atoms with van der Waals surface area (Å²) in [4.78, 5) is 2.59. The van der Waals surface area contributed by atoms with E-state index in [0.29, 0.717) is 11.5 Å². The molecule has 0 atom stereocenters. The lowest BCUT2D eigenvalue weighted by Crippen LogP contribution is -2.58. The lowest BCUT2D eigenvalue weighted by Gasteiger charge is -2.44. The van der Waals surface area contributed by atoms with Gasteiger partial charge in [-0.2, -0.15) is 0 Å². The molecule has 14 heavy (non-hydrogen) atoms. The molecule has 0 spiro atoms. The molecule has 0 aromatic rings. The van der Waals surface area contributed by atoms with E-state index in [4.69, 9.17) is 4.74 Å². The van der Waals surface area contributed by atoms with Crippen molar-refractivity contribution in [1.29, 1.82) is 0 Å². The molecule has 1 N–H and O–H groups in total. The van der Waals surface area contributed by atoms with Crippen molar-refractivity contribution in [3.63, 3.8) is 0 Å². The van der Waals surface area contributed by atoms with Gasteiger partial charge in [0.15, 0.2) is 0 Å². The lowest BCUT2D eigenvalue weighted by molar-refractivity contribution is 0.0196. The molecule has 0 aromatic carbocycles. The van der Waals surface area contributed by atoms with Gasteiger partial charge in [0.25, 0.3) is 0 Å².